The van der Waals surface area contributed by atoms with Crippen LogP contribution in [0.5, 0.6) is 5.88 Å². The third-order valence-electron chi connectivity index (χ3n) is 6.30. The molecule has 32 heavy (non-hydrogen) atoms. The first-order valence-corrected chi connectivity index (χ1v) is 11.3. The van der Waals surface area contributed by atoms with Crippen LogP contribution in [0.2, 0.25) is 0 Å². The Morgan fingerprint density at radius 2 is 2.00 bits per heavy atom. The monoisotopic (exact) mass is 433 g/mol. The standard InChI is InChI=1S/C25H31N5O2/c1-28(2)10-4-11-32-24-8-6-19(14-27-24)18-5-7-22-21(13-18)25-23(15-26-22)29(3)17-30(25)20-9-12-31-16-20/h5-8,13-15,20H,4,9-12,16-17H2,1-3H3/t20-/m1/s1. The molecule has 5 rings (SSSR count). The summed E-state index contributed by atoms with van der Waals surface area (Å²) in [6.07, 6.45) is 5.94. The number of fused-ring (bicyclic) bond motifs is 3. The topological polar surface area (TPSA) is 54.0 Å². The first-order valence-electron chi connectivity index (χ1n) is 11.3. The van der Waals surface area contributed by atoms with E-state index in [-0.39, 0.29) is 0 Å². The van der Waals surface area contributed by atoms with Crippen molar-refractivity contribution in [3.05, 3.63) is 42.7 Å². The van der Waals surface area contributed by atoms with Crippen LogP contribution in [-0.4, -0.2) is 75.1 Å². The minimum absolute atomic E-state index is 0.415. The number of aromatic nitrogens is 2. The molecule has 2 aliphatic heterocycles. The number of anilines is 2. The van der Waals surface area contributed by atoms with Crippen LogP contribution in [0, 0.1) is 0 Å². The lowest BCUT2D eigenvalue weighted by Crippen LogP contribution is -2.37. The fourth-order valence-electron chi connectivity index (χ4n) is 4.56. The molecule has 2 aliphatic rings. The van der Waals surface area contributed by atoms with E-state index in [0.29, 0.717) is 18.5 Å². The fourth-order valence-corrected chi connectivity index (χ4v) is 4.56. The SMILES string of the molecule is CN(C)CCCOc1ccc(-c2ccc3ncc4c(c3c2)N([C@@H]2CCOC2)CN4C)cn1. The molecule has 1 fully saturated rings. The van der Waals surface area contributed by atoms with Gasteiger partial charge in [0.25, 0.3) is 0 Å². The molecular weight excluding hydrogens is 402 g/mol. The van der Waals surface area contributed by atoms with Crippen molar-refractivity contribution in [3.8, 4) is 17.0 Å². The van der Waals surface area contributed by atoms with Crippen LogP contribution in [0.4, 0.5) is 11.4 Å². The minimum atomic E-state index is 0.415. The van der Waals surface area contributed by atoms with Crippen molar-refractivity contribution in [3.63, 3.8) is 0 Å². The molecule has 1 saturated heterocycles. The van der Waals surface area contributed by atoms with Crippen molar-refractivity contribution in [1.29, 1.82) is 0 Å². The zero-order valence-corrected chi connectivity index (χ0v) is 19.1. The third-order valence-corrected chi connectivity index (χ3v) is 6.30. The summed E-state index contributed by atoms with van der Waals surface area (Å²) < 4.78 is 11.5. The van der Waals surface area contributed by atoms with Crippen molar-refractivity contribution in [2.45, 2.75) is 18.9 Å². The summed E-state index contributed by atoms with van der Waals surface area (Å²) in [7, 11) is 6.27. The largest absolute Gasteiger partial charge is 0.478 e. The minimum Gasteiger partial charge on any atom is -0.478 e. The number of nitrogens with zero attached hydrogens (tertiary/aromatic N) is 5. The second-order valence-corrected chi connectivity index (χ2v) is 8.94. The number of hydrogen-bond acceptors (Lipinski definition) is 7. The van der Waals surface area contributed by atoms with E-state index in [4.69, 9.17) is 14.5 Å². The molecule has 0 aliphatic carbocycles. The number of rotatable bonds is 7. The lowest BCUT2D eigenvalue weighted by molar-refractivity contribution is 0.193. The second kappa shape index (κ2) is 8.92. The molecule has 3 aromatic rings. The average molecular weight is 434 g/mol. The highest BCUT2D eigenvalue weighted by molar-refractivity contribution is 6.02. The van der Waals surface area contributed by atoms with E-state index in [0.717, 1.165) is 55.9 Å². The maximum absolute atomic E-state index is 5.79. The highest BCUT2D eigenvalue weighted by Gasteiger charge is 2.33. The van der Waals surface area contributed by atoms with Crippen LogP contribution in [0.15, 0.2) is 42.7 Å². The molecule has 1 aromatic carbocycles. The fraction of sp³-hybridized carbons (Fsp3) is 0.440. The summed E-state index contributed by atoms with van der Waals surface area (Å²) in [6, 6.07) is 10.9. The van der Waals surface area contributed by atoms with Crippen LogP contribution in [0.3, 0.4) is 0 Å². The van der Waals surface area contributed by atoms with Gasteiger partial charge in [0.05, 0.1) is 49.0 Å². The molecule has 2 aromatic heterocycles. The molecule has 168 valence electrons. The Kier molecular flexibility index (Phi) is 5.85. The lowest BCUT2D eigenvalue weighted by Gasteiger charge is -2.26. The molecule has 0 spiro atoms. The van der Waals surface area contributed by atoms with E-state index in [1.807, 2.05) is 18.5 Å². The summed E-state index contributed by atoms with van der Waals surface area (Å²) in [5.41, 5.74) is 5.68. The van der Waals surface area contributed by atoms with E-state index >= 15 is 0 Å². The molecular formula is C25H31N5O2. The lowest BCUT2D eigenvalue weighted by atomic mass is 10.0. The summed E-state index contributed by atoms with van der Waals surface area (Å²) >= 11 is 0. The highest BCUT2D eigenvalue weighted by atomic mass is 16.5. The summed E-state index contributed by atoms with van der Waals surface area (Å²) in [5, 5.41) is 1.18. The van der Waals surface area contributed by atoms with Crippen molar-refractivity contribution in [2.24, 2.45) is 0 Å². The molecule has 7 nitrogen and oxygen atoms in total. The number of hydrogen-bond donors (Lipinski definition) is 0. The van der Waals surface area contributed by atoms with Gasteiger partial charge in [-0.05, 0) is 50.7 Å². The Hall–Kier alpha value is -2.90. The second-order valence-electron chi connectivity index (χ2n) is 8.94. The van der Waals surface area contributed by atoms with Crippen molar-refractivity contribution >= 4 is 22.3 Å². The van der Waals surface area contributed by atoms with Crippen LogP contribution < -0.4 is 14.5 Å². The molecule has 0 radical (unpaired) electrons. The van der Waals surface area contributed by atoms with Gasteiger partial charge < -0.3 is 24.2 Å². The number of benzene rings is 1. The van der Waals surface area contributed by atoms with Crippen molar-refractivity contribution in [2.75, 3.05) is 64.0 Å². The smallest absolute Gasteiger partial charge is 0.213 e. The maximum atomic E-state index is 5.79. The van der Waals surface area contributed by atoms with Gasteiger partial charge in [0.2, 0.25) is 5.88 Å². The zero-order valence-electron chi connectivity index (χ0n) is 19.1. The summed E-state index contributed by atoms with van der Waals surface area (Å²) in [5.74, 6) is 0.671. The van der Waals surface area contributed by atoms with Gasteiger partial charge in [-0.15, -0.1) is 0 Å². The van der Waals surface area contributed by atoms with Gasteiger partial charge in [0.1, 0.15) is 0 Å². The molecule has 0 unspecified atom stereocenters. The Bertz CT molecular complexity index is 1080. The van der Waals surface area contributed by atoms with Crippen molar-refractivity contribution in [1.82, 2.24) is 14.9 Å². The van der Waals surface area contributed by atoms with Gasteiger partial charge in [-0.25, -0.2) is 4.98 Å². The molecule has 0 N–H and O–H groups in total. The number of pyridine rings is 2. The zero-order chi connectivity index (χ0) is 22.1. The van der Waals surface area contributed by atoms with E-state index in [2.05, 4.69) is 65.1 Å². The average Bonchev–Trinajstić information content (AvgIpc) is 3.45. The van der Waals surface area contributed by atoms with Crippen LogP contribution in [0.25, 0.3) is 22.0 Å². The first kappa shape index (κ1) is 21.0. The Balaban J connectivity index is 1.42. The third kappa shape index (κ3) is 4.10. The molecule has 7 heteroatoms. The van der Waals surface area contributed by atoms with Crippen LogP contribution in [-0.2, 0) is 4.74 Å². The highest BCUT2D eigenvalue weighted by Crippen LogP contribution is 2.43. The maximum Gasteiger partial charge on any atom is 0.213 e. The van der Waals surface area contributed by atoms with Gasteiger partial charge in [-0.1, -0.05) is 6.07 Å². The molecule has 1 atom stereocenters. The predicted octanol–water partition coefficient (Wildman–Crippen LogP) is 3.63. The van der Waals surface area contributed by atoms with Gasteiger partial charge in [-0.3, -0.25) is 4.98 Å². The first-order chi connectivity index (χ1) is 15.6. The van der Waals surface area contributed by atoms with Gasteiger partial charge >= 0.3 is 0 Å². The van der Waals surface area contributed by atoms with E-state index in [1.54, 1.807) is 0 Å². The molecule has 0 amide bonds. The molecule has 0 saturated carbocycles. The van der Waals surface area contributed by atoms with E-state index in [9.17, 15) is 0 Å². The van der Waals surface area contributed by atoms with Gasteiger partial charge in [0, 0.05) is 43.4 Å². The Morgan fingerprint density at radius 3 is 2.75 bits per heavy atom. The summed E-state index contributed by atoms with van der Waals surface area (Å²) in [4.78, 5) is 16.2. The predicted molar refractivity (Wildman–Crippen MR) is 129 cm³/mol. The van der Waals surface area contributed by atoms with Gasteiger partial charge in [-0.2, -0.15) is 0 Å². The van der Waals surface area contributed by atoms with Crippen molar-refractivity contribution < 1.29 is 9.47 Å². The van der Waals surface area contributed by atoms with E-state index < -0.39 is 0 Å². The van der Waals surface area contributed by atoms with E-state index in [1.165, 1.54) is 16.8 Å². The summed E-state index contributed by atoms with van der Waals surface area (Å²) in [6.45, 7) is 4.18. The Morgan fingerprint density at radius 1 is 1.12 bits per heavy atom. The Labute approximate surface area is 189 Å². The number of ether oxygens (including phenoxy) is 2. The van der Waals surface area contributed by atoms with Crippen LogP contribution >= 0.6 is 0 Å². The molecule has 0 bridgehead atoms. The van der Waals surface area contributed by atoms with Crippen LogP contribution in [0.1, 0.15) is 12.8 Å². The molecule has 4 heterocycles. The normalized spacial score (nSPS) is 18.1. The quantitative estimate of drug-likeness (QED) is 0.528. The van der Waals surface area contributed by atoms with Gasteiger partial charge in [0.15, 0.2) is 0 Å².